The molecule has 0 radical (unpaired) electrons. The predicted octanol–water partition coefficient (Wildman–Crippen LogP) is 1.91. The maximum atomic E-state index is 9.21. The number of hydrogen-bond donors (Lipinski definition) is 2. The molecule has 0 aliphatic rings. The first-order valence-electron chi connectivity index (χ1n) is 8.28. The van der Waals surface area contributed by atoms with Crippen molar-refractivity contribution in [2.75, 3.05) is 18.5 Å². The van der Waals surface area contributed by atoms with Gasteiger partial charge in [-0.25, -0.2) is 9.97 Å². The smallest absolute Gasteiger partial charge is 0.154 e. The number of aliphatic hydroxyl groups excluding tert-OH is 1. The molecule has 4 rings (SSSR count). The third kappa shape index (κ3) is 3.18. The Morgan fingerprint density at radius 2 is 2.19 bits per heavy atom. The maximum absolute atomic E-state index is 9.21. The average molecular weight is 369 g/mol. The van der Waals surface area contributed by atoms with Gasteiger partial charge in [0.05, 0.1) is 29.7 Å². The van der Waals surface area contributed by atoms with Crippen LogP contribution >= 0.6 is 11.5 Å². The molecule has 0 spiro atoms. The number of anilines is 1. The number of rotatable bonds is 6. The molecule has 0 aliphatic heterocycles. The Balaban J connectivity index is 1.79. The van der Waals surface area contributed by atoms with E-state index in [1.165, 1.54) is 11.5 Å². The van der Waals surface area contributed by atoms with Gasteiger partial charge in [0, 0.05) is 37.3 Å². The van der Waals surface area contributed by atoms with Gasteiger partial charge in [-0.1, -0.05) is 0 Å². The molecule has 4 aromatic rings. The fourth-order valence-corrected chi connectivity index (χ4v) is 3.60. The summed E-state index contributed by atoms with van der Waals surface area (Å²) in [5.74, 6) is 1.43. The number of hydrogen-bond acceptors (Lipinski definition) is 7. The molecule has 0 saturated carbocycles. The van der Waals surface area contributed by atoms with Crippen LogP contribution in [0.1, 0.15) is 16.4 Å². The molecule has 8 nitrogen and oxygen atoms in total. The molecule has 0 fully saturated rings. The fourth-order valence-electron chi connectivity index (χ4n) is 2.87. The Hall–Kier alpha value is -2.78. The van der Waals surface area contributed by atoms with Gasteiger partial charge in [-0.15, -0.1) is 0 Å². The summed E-state index contributed by atoms with van der Waals surface area (Å²) in [5.41, 5.74) is 3.66. The van der Waals surface area contributed by atoms with Crippen molar-refractivity contribution in [3.63, 3.8) is 0 Å². The first kappa shape index (κ1) is 16.7. The molecule has 9 heteroatoms. The number of aliphatic hydroxyl groups is 1. The van der Waals surface area contributed by atoms with Crippen LogP contribution in [-0.4, -0.2) is 46.9 Å². The first-order valence-corrected chi connectivity index (χ1v) is 9.05. The lowest BCUT2D eigenvalue weighted by Gasteiger charge is -2.10. The minimum Gasteiger partial charge on any atom is -0.395 e. The number of aromatic nitrogens is 6. The molecule has 0 aliphatic carbocycles. The Kier molecular flexibility index (Phi) is 4.39. The van der Waals surface area contributed by atoms with Crippen molar-refractivity contribution in [2.24, 2.45) is 7.05 Å². The minimum atomic E-state index is 0.0302. The van der Waals surface area contributed by atoms with Gasteiger partial charge in [-0.3, -0.25) is 4.68 Å². The van der Waals surface area contributed by atoms with Crippen LogP contribution in [0.5, 0.6) is 0 Å². The van der Waals surface area contributed by atoms with E-state index in [0.29, 0.717) is 18.8 Å². The molecule has 0 atom stereocenters. The predicted molar refractivity (Wildman–Crippen MR) is 101 cm³/mol. The number of nitrogens with one attached hydrogen (secondary N) is 1. The van der Waals surface area contributed by atoms with Gasteiger partial charge in [0.2, 0.25) is 0 Å². The quantitative estimate of drug-likeness (QED) is 0.539. The van der Waals surface area contributed by atoms with Crippen LogP contribution < -0.4 is 5.32 Å². The molecule has 134 valence electrons. The zero-order chi connectivity index (χ0) is 18.1. The topological polar surface area (TPSA) is 93.7 Å². The molecule has 26 heavy (non-hydrogen) atoms. The SMILES string of the molecule is Cc1cc(Cc2nc(NCCO)c3c(ccn3-c3cnn(C)c3)n2)sn1. The van der Waals surface area contributed by atoms with Crippen molar-refractivity contribution in [1.82, 2.24) is 28.7 Å². The van der Waals surface area contributed by atoms with E-state index in [0.717, 1.165) is 33.1 Å². The molecule has 0 amide bonds. The van der Waals surface area contributed by atoms with Crippen molar-refractivity contribution in [1.29, 1.82) is 0 Å². The van der Waals surface area contributed by atoms with Gasteiger partial charge in [0.15, 0.2) is 5.82 Å². The summed E-state index contributed by atoms with van der Waals surface area (Å²) in [5, 5.41) is 16.7. The van der Waals surface area contributed by atoms with E-state index in [9.17, 15) is 5.11 Å². The van der Waals surface area contributed by atoms with Crippen LogP contribution in [0.3, 0.4) is 0 Å². The summed E-state index contributed by atoms with van der Waals surface area (Å²) in [6.45, 7) is 2.43. The van der Waals surface area contributed by atoms with E-state index in [2.05, 4.69) is 20.9 Å². The van der Waals surface area contributed by atoms with E-state index < -0.39 is 0 Å². The summed E-state index contributed by atoms with van der Waals surface area (Å²) < 4.78 is 8.07. The van der Waals surface area contributed by atoms with Gasteiger partial charge in [-0.05, 0) is 30.6 Å². The largest absolute Gasteiger partial charge is 0.395 e. The van der Waals surface area contributed by atoms with E-state index in [1.807, 2.05) is 37.0 Å². The highest BCUT2D eigenvalue weighted by molar-refractivity contribution is 7.05. The van der Waals surface area contributed by atoms with E-state index in [4.69, 9.17) is 9.97 Å². The van der Waals surface area contributed by atoms with E-state index >= 15 is 0 Å². The standard InChI is InChI=1S/C17H19N7OS/c1-11-7-13(26-22-11)8-15-20-14-3-5-24(12-9-19-23(2)10-12)16(14)17(21-15)18-4-6-25/h3,5,7,9-10,25H,4,6,8H2,1-2H3,(H,18,20,21). The van der Waals surface area contributed by atoms with Crippen LogP contribution in [0.15, 0.2) is 30.7 Å². The van der Waals surface area contributed by atoms with Gasteiger partial charge in [0.25, 0.3) is 0 Å². The first-order chi connectivity index (χ1) is 12.6. The van der Waals surface area contributed by atoms with Gasteiger partial charge >= 0.3 is 0 Å². The highest BCUT2D eigenvalue weighted by Crippen LogP contribution is 2.26. The van der Waals surface area contributed by atoms with Crippen LogP contribution in [-0.2, 0) is 13.5 Å². The maximum Gasteiger partial charge on any atom is 0.154 e. The van der Waals surface area contributed by atoms with Crippen molar-refractivity contribution < 1.29 is 5.11 Å². The summed E-state index contributed by atoms with van der Waals surface area (Å²) >= 11 is 1.47. The fraction of sp³-hybridized carbons (Fsp3) is 0.294. The van der Waals surface area contributed by atoms with Crippen molar-refractivity contribution in [3.05, 3.63) is 47.1 Å². The monoisotopic (exact) mass is 369 g/mol. The van der Waals surface area contributed by atoms with E-state index in [-0.39, 0.29) is 6.61 Å². The molecule has 0 bridgehead atoms. The third-order valence-corrected chi connectivity index (χ3v) is 4.84. The number of aryl methyl sites for hydroxylation is 2. The lowest BCUT2D eigenvalue weighted by molar-refractivity contribution is 0.311. The summed E-state index contributed by atoms with van der Waals surface area (Å²) in [6.07, 6.45) is 6.32. The molecule has 4 aromatic heterocycles. The highest BCUT2D eigenvalue weighted by Gasteiger charge is 2.15. The second kappa shape index (κ2) is 6.85. The Labute approximate surface area is 154 Å². The number of fused-ring (bicyclic) bond motifs is 1. The molecule has 0 unspecified atom stereocenters. The Morgan fingerprint density at radius 3 is 2.88 bits per heavy atom. The van der Waals surface area contributed by atoms with Crippen molar-refractivity contribution in [2.45, 2.75) is 13.3 Å². The molecule has 0 aromatic carbocycles. The zero-order valence-corrected chi connectivity index (χ0v) is 15.4. The Bertz CT molecular complexity index is 1050. The lowest BCUT2D eigenvalue weighted by atomic mass is 10.3. The average Bonchev–Trinajstić information content (AvgIpc) is 3.33. The van der Waals surface area contributed by atoms with Crippen molar-refractivity contribution in [3.8, 4) is 5.69 Å². The summed E-state index contributed by atoms with van der Waals surface area (Å²) in [7, 11) is 1.88. The normalized spacial score (nSPS) is 11.3. The third-order valence-electron chi connectivity index (χ3n) is 3.96. The summed E-state index contributed by atoms with van der Waals surface area (Å²) in [6, 6.07) is 4.02. The molecule has 4 heterocycles. The summed E-state index contributed by atoms with van der Waals surface area (Å²) in [4.78, 5) is 10.6. The zero-order valence-electron chi connectivity index (χ0n) is 14.5. The van der Waals surface area contributed by atoms with Crippen LogP contribution in [0.4, 0.5) is 5.82 Å². The molecule has 0 saturated heterocycles. The second-order valence-electron chi connectivity index (χ2n) is 6.04. The second-order valence-corrected chi connectivity index (χ2v) is 6.93. The Morgan fingerprint density at radius 1 is 1.31 bits per heavy atom. The highest BCUT2D eigenvalue weighted by atomic mass is 32.1. The van der Waals surface area contributed by atoms with Crippen LogP contribution in [0.2, 0.25) is 0 Å². The van der Waals surface area contributed by atoms with Gasteiger partial charge < -0.3 is 15.0 Å². The van der Waals surface area contributed by atoms with Crippen LogP contribution in [0.25, 0.3) is 16.7 Å². The number of nitrogens with zero attached hydrogens (tertiary/aromatic N) is 6. The molecular formula is C17H19N7OS. The van der Waals surface area contributed by atoms with Crippen molar-refractivity contribution >= 4 is 28.4 Å². The lowest BCUT2D eigenvalue weighted by Crippen LogP contribution is -2.10. The van der Waals surface area contributed by atoms with Gasteiger partial charge in [0.1, 0.15) is 11.3 Å². The van der Waals surface area contributed by atoms with Crippen LogP contribution in [0, 0.1) is 6.92 Å². The minimum absolute atomic E-state index is 0.0302. The van der Waals surface area contributed by atoms with E-state index in [1.54, 1.807) is 10.9 Å². The van der Waals surface area contributed by atoms with Gasteiger partial charge in [-0.2, -0.15) is 9.47 Å². The molecular weight excluding hydrogens is 350 g/mol. The molecule has 2 N–H and O–H groups in total.